The van der Waals surface area contributed by atoms with E-state index < -0.39 is 10.0 Å². The van der Waals surface area contributed by atoms with E-state index in [9.17, 15) is 13.2 Å². The van der Waals surface area contributed by atoms with Crippen molar-refractivity contribution in [3.05, 3.63) is 59.7 Å². The third kappa shape index (κ3) is 5.31. The largest absolute Gasteiger partial charge is 0.494 e. The van der Waals surface area contributed by atoms with Crippen LogP contribution in [0.3, 0.4) is 0 Å². The number of benzene rings is 2. The second-order valence-corrected chi connectivity index (χ2v) is 7.97. The van der Waals surface area contributed by atoms with Gasteiger partial charge in [-0.15, -0.1) is 0 Å². The van der Waals surface area contributed by atoms with Crippen LogP contribution in [0.4, 0.5) is 0 Å². The average molecular weight is 376 g/mol. The van der Waals surface area contributed by atoms with Gasteiger partial charge < -0.3 is 10.1 Å². The molecule has 26 heavy (non-hydrogen) atoms. The van der Waals surface area contributed by atoms with Gasteiger partial charge in [-0.05, 0) is 43.7 Å². The molecule has 140 valence electrons. The first kappa shape index (κ1) is 19.9. The van der Waals surface area contributed by atoms with Crippen LogP contribution in [-0.2, 0) is 21.4 Å². The summed E-state index contributed by atoms with van der Waals surface area (Å²) in [7, 11) is -2.35. The third-order valence-corrected chi connectivity index (χ3v) is 5.64. The van der Waals surface area contributed by atoms with Crippen LogP contribution in [0.5, 0.6) is 5.75 Å². The van der Waals surface area contributed by atoms with Crippen LogP contribution in [-0.4, -0.2) is 38.8 Å². The molecule has 0 aliphatic heterocycles. The molecule has 0 unspecified atom stereocenters. The van der Waals surface area contributed by atoms with Crippen molar-refractivity contribution in [1.29, 1.82) is 0 Å². The van der Waals surface area contributed by atoms with Crippen LogP contribution < -0.4 is 10.1 Å². The molecule has 1 amide bonds. The van der Waals surface area contributed by atoms with Crippen molar-refractivity contribution in [2.75, 3.05) is 20.2 Å². The summed E-state index contributed by atoms with van der Waals surface area (Å²) in [5.74, 6) is 0.243. The van der Waals surface area contributed by atoms with E-state index >= 15 is 0 Å². The monoisotopic (exact) mass is 376 g/mol. The Bertz CT molecular complexity index is 831. The van der Waals surface area contributed by atoms with Crippen molar-refractivity contribution in [2.45, 2.75) is 25.3 Å². The predicted molar refractivity (Wildman–Crippen MR) is 100 cm³/mol. The van der Waals surface area contributed by atoms with Gasteiger partial charge in [0.05, 0.1) is 18.0 Å². The molecule has 0 bridgehead atoms. The first-order valence-corrected chi connectivity index (χ1v) is 9.78. The summed E-state index contributed by atoms with van der Waals surface area (Å²) in [6, 6.07) is 13.9. The minimum absolute atomic E-state index is 0.120. The van der Waals surface area contributed by atoms with Gasteiger partial charge in [-0.1, -0.05) is 29.8 Å². The van der Waals surface area contributed by atoms with Gasteiger partial charge in [-0.25, -0.2) is 8.42 Å². The highest BCUT2D eigenvalue weighted by molar-refractivity contribution is 7.89. The topological polar surface area (TPSA) is 75.7 Å². The van der Waals surface area contributed by atoms with Gasteiger partial charge in [-0.2, -0.15) is 4.31 Å². The van der Waals surface area contributed by atoms with E-state index in [1.54, 1.807) is 12.1 Å². The lowest BCUT2D eigenvalue weighted by Gasteiger charge is -2.17. The van der Waals surface area contributed by atoms with Gasteiger partial charge in [-0.3, -0.25) is 4.79 Å². The average Bonchev–Trinajstić information content (AvgIpc) is 2.62. The van der Waals surface area contributed by atoms with E-state index in [2.05, 4.69) is 5.32 Å². The summed E-state index contributed by atoms with van der Waals surface area (Å²) in [6.07, 6.45) is 0. The summed E-state index contributed by atoms with van der Waals surface area (Å²) in [4.78, 5) is 12.2. The molecule has 0 heterocycles. The molecular weight excluding hydrogens is 352 g/mol. The van der Waals surface area contributed by atoms with Crippen molar-refractivity contribution >= 4 is 15.9 Å². The zero-order valence-corrected chi connectivity index (χ0v) is 16.0. The fourth-order valence-corrected chi connectivity index (χ4v) is 3.43. The molecule has 0 aliphatic carbocycles. The van der Waals surface area contributed by atoms with Gasteiger partial charge in [0.2, 0.25) is 15.9 Å². The lowest BCUT2D eigenvalue weighted by atomic mass is 10.1. The Hall–Kier alpha value is -2.38. The Kier molecular flexibility index (Phi) is 6.76. The van der Waals surface area contributed by atoms with Crippen LogP contribution in [0.15, 0.2) is 53.4 Å². The summed E-state index contributed by atoms with van der Waals surface area (Å²) in [5, 5.41) is 2.73. The molecule has 0 aromatic heterocycles. The van der Waals surface area contributed by atoms with Gasteiger partial charge >= 0.3 is 0 Å². The molecule has 2 aromatic rings. The Morgan fingerprint density at radius 3 is 2.27 bits per heavy atom. The summed E-state index contributed by atoms with van der Waals surface area (Å²) >= 11 is 0. The number of ether oxygens (including phenoxy) is 1. The van der Waals surface area contributed by atoms with Crippen molar-refractivity contribution in [2.24, 2.45) is 0 Å². The van der Waals surface area contributed by atoms with Gasteiger partial charge in [0, 0.05) is 13.6 Å². The van der Waals surface area contributed by atoms with E-state index in [0.29, 0.717) is 18.9 Å². The molecule has 2 aromatic carbocycles. The van der Waals surface area contributed by atoms with Crippen LogP contribution >= 0.6 is 0 Å². The maximum atomic E-state index is 12.6. The fourth-order valence-electron chi connectivity index (χ4n) is 2.30. The molecule has 0 radical (unpaired) electrons. The van der Waals surface area contributed by atoms with Crippen molar-refractivity contribution in [1.82, 2.24) is 9.62 Å². The number of aryl methyl sites for hydroxylation is 1. The number of amides is 1. The first-order valence-electron chi connectivity index (χ1n) is 8.34. The molecule has 0 saturated heterocycles. The number of rotatable bonds is 8. The predicted octanol–water partition coefficient (Wildman–Crippen LogP) is 2.33. The summed E-state index contributed by atoms with van der Waals surface area (Å²) in [5.41, 5.74) is 2.10. The Morgan fingerprint density at radius 1 is 1.08 bits per heavy atom. The second-order valence-electron chi connectivity index (χ2n) is 5.93. The minimum atomic E-state index is -3.74. The summed E-state index contributed by atoms with van der Waals surface area (Å²) < 4.78 is 31.4. The van der Waals surface area contributed by atoms with Gasteiger partial charge in [0.15, 0.2) is 0 Å². The Balaban J connectivity index is 1.94. The lowest BCUT2D eigenvalue weighted by molar-refractivity contribution is -0.121. The second kappa shape index (κ2) is 8.82. The number of nitrogens with one attached hydrogen (secondary N) is 1. The Morgan fingerprint density at radius 2 is 1.69 bits per heavy atom. The molecule has 7 heteroatoms. The van der Waals surface area contributed by atoms with Crippen LogP contribution in [0.2, 0.25) is 0 Å². The molecule has 2 rings (SSSR count). The lowest BCUT2D eigenvalue weighted by Crippen LogP contribution is -2.38. The van der Waals surface area contributed by atoms with E-state index in [0.717, 1.165) is 15.4 Å². The van der Waals surface area contributed by atoms with Crippen molar-refractivity contribution < 1.29 is 17.9 Å². The summed E-state index contributed by atoms with van der Waals surface area (Å²) in [6.45, 7) is 4.46. The molecule has 0 atom stereocenters. The zero-order valence-electron chi connectivity index (χ0n) is 15.2. The van der Waals surface area contributed by atoms with Crippen molar-refractivity contribution in [3.8, 4) is 5.75 Å². The molecule has 1 N–H and O–H groups in total. The van der Waals surface area contributed by atoms with Gasteiger partial charge in [0.25, 0.3) is 0 Å². The number of nitrogens with zero attached hydrogens (tertiary/aromatic N) is 1. The van der Waals surface area contributed by atoms with Crippen LogP contribution in [0.1, 0.15) is 18.1 Å². The van der Waals surface area contributed by atoms with Crippen LogP contribution in [0, 0.1) is 6.92 Å². The minimum Gasteiger partial charge on any atom is -0.494 e. The number of likely N-dealkylation sites (N-methyl/N-ethyl adjacent to an activating group) is 1. The number of hydrogen-bond donors (Lipinski definition) is 1. The van der Waals surface area contributed by atoms with E-state index in [4.69, 9.17) is 4.74 Å². The molecular formula is C19H24N2O4S. The highest BCUT2D eigenvalue weighted by Gasteiger charge is 2.22. The maximum absolute atomic E-state index is 12.6. The fraction of sp³-hybridized carbons (Fsp3) is 0.316. The van der Waals surface area contributed by atoms with E-state index in [1.165, 1.54) is 19.2 Å². The quantitative estimate of drug-likeness (QED) is 0.767. The Labute approximate surface area is 154 Å². The van der Waals surface area contributed by atoms with Crippen molar-refractivity contribution in [3.63, 3.8) is 0 Å². The highest BCUT2D eigenvalue weighted by atomic mass is 32.2. The standard InChI is InChI=1S/C19H24N2O4S/c1-4-25-17-9-11-18(12-10-17)26(23,24)21(3)14-19(22)20-13-16-7-5-15(2)6-8-16/h5-12H,4,13-14H2,1-3H3,(H,20,22). The van der Waals surface area contributed by atoms with E-state index in [-0.39, 0.29) is 17.3 Å². The molecule has 0 spiro atoms. The molecule has 6 nitrogen and oxygen atoms in total. The number of sulfonamides is 1. The first-order chi connectivity index (χ1) is 12.3. The zero-order chi connectivity index (χ0) is 19.2. The normalized spacial score (nSPS) is 11.4. The molecule has 0 fully saturated rings. The molecule has 0 saturated carbocycles. The SMILES string of the molecule is CCOc1ccc(S(=O)(=O)N(C)CC(=O)NCc2ccc(C)cc2)cc1. The third-order valence-electron chi connectivity index (χ3n) is 3.82. The number of carbonyl (C=O) groups excluding carboxylic acids is 1. The van der Waals surface area contributed by atoms with Crippen LogP contribution in [0.25, 0.3) is 0 Å². The number of carbonyl (C=O) groups is 1. The van der Waals surface area contributed by atoms with Gasteiger partial charge in [0.1, 0.15) is 5.75 Å². The maximum Gasteiger partial charge on any atom is 0.243 e. The highest BCUT2D eigenvalue weighted by Crippen LogP contribution is 2.18. The smallest absolute Gasteiger partial charge is 0.243 e. The molecule has 0 aliphatic rings. The number of hydrogen-bond acceptors (Lipinski definition) is 4. The van der Waals surface area contributed by atoms with E-state index in [1.807, 2.05) is 38.1 Å².